The monoisotopic (exact) mass is 650 g/mol. The third-order valence-electron chi connectivity index (χ3n) is 7.73. The fourth-order valence-corrected chi connectivity index (χ4v) is 5.18. The summed E-state index contributed by atoms with van der Waals surface area (Å²) in [6, 6.07) is 15.5. The molecule has 4 amide bonds. The van der Waals surface area contributed by atoms with Crippen molar-refractivity contribution in [3.05, 3.63) is 96.1 Å². The number of fused-ring (bicyclic) bond motifs is 1. The Morgan fingerprint density at radius 3 is 2.06 bits per heavy atom. The van der Waals surface area contributed by atoms with Gasteiger partial charge in [-0.15, -0.1) is 0 Å². The lowest BCUT2D eigenvalue weighted by Gasteiger charge is -2.26. The number of pyridine rings is 1. The van der Waals surface area contributed by atoms with E-state index in [-0.39, 0.29) is 34.9 Å². The zero-order valence-corrected chi connectivity index (χ0v) is 26.4. The highest BCUT2D eigenvalue weighted by Gasteiger charge is 2.19. The maximum absolute atomic E-state index is 13.0. The molecule has 0 unspecified atom stereocenters. The molecule has 0 spiro atoms. The van der Waals surface area contributed by atoms with Crippen molar-refractivity contribution in [3.8, 4) is 0 Å². The minimum absolute atomic E-state index is 0.0645. The average Bonchev–Trinajstić information content (AvgIpc) is 3.65. The largest absolute Gasteiger partial charge is 0.379 e. The van der Waals surface area contributed by atoms with Crippen LogP contribution in [0.4, 0.5) is 17.3 Å². The molecule has 0 saturated carbocycles. The van der Waals surface area contributed by atoms with Crippen LogP contribution in [0, 0.1) is 0 Å². The summed E-state index contributed by atoms with van der Waals surface area (Å²) in [4.78, 5) is 66.3. The molecule has 1 fully saturated rings. The highest BCUT2D eigenvalue weighted by atomic mass is 16.5. The molecule has 5 aromatic rings. The maximum atomic E-state index is 13.0. The van der Waals surface area contributed by atoms with Crippen LogP contribution < -0.4 is 21.3 Å². The Morgan fingerprint density at radius 1 is 0.750 bits per heavy atom. The van der Waals surface area contributed by atoms with Gasteiger partial charge in [0.2, 0.25) is 11.6 Å². The number of benzene rings is 2. The van der Waals surface area contributed by atoms with Crippen LogP contribution in [0.25, 0.3) is 10.8 Å². The number of aromatic nitrogens is 5. The van der Waals surface area contributed by atoms with Crippen molar-refractivity contribution >= 4 is 51.7 Å². The van der Waals surface area contributed by atoms with E-state index >= 15 is 0 Å². The molecule has 1 saturated heterocycles. The van der Waals surface area contributed by atoms with Crippen LogP contribution in [-0.2, 0) is 18.8 Å². The van der Waals surface area contributed by atoms with Gasteiger partial charge >= 0.3 is 0 Å². The Labute approximate surface area is 275 Å². The van der Waals surface area contributed by atoms with Crippen LogP contribution in [0.15, 0.2) is 73.2 Å². The molecular weight excluding hydrogens is 616 g/mol. The van der Waals surface area contributed by atoms with Crippen molar-refractivity contribution in [2.75, 3.05) is 55.3 Å². The lowest BCUT2D eigenvalue weighted by atomic mass is 10.1. The van der Waals surface area contributed by atoms with Crippen LogP contribution in [0.1, 0.15) is 42.1 Å². The highest BCUT2D eigenvalue weighted by Crippen LogP contribution is 2.17. The van der Waals surface area contributed by atoms with Crippen LogP contribution >= 0.6 is 0 Å². The molecule has 6 rings (SSSR count). The summed E-state index contributed by atoms with van der Waals surface area (Å²) < 4.78 is 8.38. The van der Waals surface area contributed by atoms with Gasteiger partial charge in [-0.3, -0.25) is 29.1 Å². The van der Waals surface area contributed by atoms with E-state index in [1.807, 2.05) is 24.3 Å². The number of imidazole rings is 2. The summed E-state index contributed by atoms with van der Waals surface area (Å²) in [5, 5.41) is 12.8. The van der Waals surface area contributed by atoms with Crippen molar-refractivity contribution < 1.29 is 23.9 Å². The van der Waals surface area contributed by atoms with Gasteiger partial charge in [0.05, 0.1) is 13.2 Å². The van der Waals surface area contributed by atoms with Crippen molar-refractivity contribution in [3.63, 3.8) is 0 Å². The van der Waals surface area contributed by atoms with Crippen molar-refractivity contribution in [1.29, 1.82) is 0 Å². The van der Waals surface area contributed by atoms with Gasteiger partial charge in [0.15, 0.2) is 11.6 Å². The molecular formula is C33H34N10O5. The molecule has 48 heavy (non-hydrogen) atoms. The smallest absolute Gasteiger partial charge is 0.291 e. The van der Waals surface area contributed by atoms with Gasteiger partial charge in [0.25, 0.3) is 23.6 Å². The molecule has 0 aliphatic carbocycles. The third-order valence-corrected chi connectivity index (χ3v) is 7.73. The number of hydrogen-bond donors (Lipinski definition) is 4. The van der Waals surface area contributed by atoms with E-state index in [4.69, 9.17) is 4.74 Å². The van der Waals surface area contributed by atoms with Crippen molar-refractivity contribution in [2.24, 2.45) is 14.1 Å². The lowest BCUT2D eigenvalue weighted by Crippen LogP contribution is -2.41. The molecule has 0 bridgehead atoms. The molecule has 0 atom stereocenters. The van der Waals surface area contributed by atoms with E-state index in [1.165, 1.54) is 10.8 Å². The van der Waals surface area contributed by atoms with Gasteiger partial charge < -0.3 is 35.1 Å². The quantitative estimate of drug-likeness (QED) is 0.177. The van der Waals surface area contributed by atoms with Crippen molar-refractivity contribution in [1.82, 2.24) is 34.3 Å². The molecule has 1 aliphatic rings. The lowest BCUT2D eigenvalue weighted by molar-refractivity contribution is 0.0383. The summed E-state index contributed by atoms with van der Waals surface area (Å²) >= 11 is 0. The molecule has 3 aromatic heterocycles. The number of carbonyl (C=O) groups is 4. The van der Waals surface area contributed by atoms with Gasteiger partial charge in [0.1, 0.15) is 5.69 Å². The van der Waals surface area contributed by atoms with Gasteiger partial charge in [-0.25, -0.2) is 9.97 Å². The molecule has 4 heterocycles. The molecule has 1 aliphatic heterocycles. The van der Waals surface area contributed by atoms with Gasteiger partial charge in [0, 0.05) is 75.5 Å². The maximum Gasteiger partial charge on any atom is 0.291 e. The van der Waals surface area contributed by atoms with Crippen molar-refractivity contribution in [2.45, 2.75) is 0 Å². The van der Waals surface area contributed by atoms with Crippen LogP contribution in [0.5, 0.6) is 0 Å². The zero-order chi connectivity index (χ0) is 33.6. The Bertz CT molecular complexity index is 1980. The SMILES string of the molecule is Cn1cc(NC(=O)c2ccc(NC(=O)c3nc(NC(=O)c4cc5ccccc5cn4)cn3C)cc2)nc1C(=O)NCCN1CCOCC1. The standard InChI is InChI=1S/C33H34N10O5/c1-41-19-26(37-28(41)32(46)34-11-12-43-13-15-48-16-14-43)39-30(44)21-7-9-24(10-8-21)36-33(47)29-38-27(20-42(29)2)40-31(45)25-17-22-5-3-4-6-23(22)18-35-25/h3-10,17-20H,11-16H2,1-2H3,(H,34,46)(H,36,47)(H,39,44)(H,40,45). The minimum Gasteiger partial charge on any atom is -0.379 e. The highest BCUT2D eigenvalue weighted by molar-refractivity contribution is 6.07. The molecule has 15 nitrogen and oxygen atoms in total. The molecule has 246 valence electrons. The van der Waals surface area contributed by atoms with E-state index in [0.717, 1.165) is 23.9 Å². The Morgan fingerprint density at radius 2 is 1.38 bits per heavy atom. The predicted octanol–water partition coefficient (Wildman–Crippen LogP) is 2.52. The van der Waals surface area contributed by atoms with Gasteiger partial charge in [-0.05, 0) is 35.7 Å². The number of rotatable bonds is 10. The Balaban J connectivity index is 1.01. The second kappa shape index (κ2) is 14.2. The number of carbonyl (C=O) groups excluding carboxylic acids is 4. The fraction of sp³-hybridized carbons (Fsp3) is 0.242. The van der Waals surface area contributed by atoms with Crippen LogP contribution in [0.3, 0.4) is 0 Å². The number of amides is 4. The first kappa shape index (κ1) is 32.0. The average molecular weight is 651 g/mol. The molecule has 0 radical (unpaired) electrons. The van der Waals surface area contributed by atoms with E-state index in [2.05, 4.69) is 41.1 Å². The van der Waals surface area contributed by atoms with Gasteiger partial charge in [-0.1, -0.05) is 24.3 Å². The first-order chi connectivity index (χ1) is 23.2. The molecule has 15 heteroatoms. The third kappa shape index (κ3) is 7.54. The molecule has 4 N–H and O–H groups in total. The second-order valence-corrected chi connectivity index (χ2v) is 11.2. The van der Waals surface area contributed by atoms with Gasteiger partial charge in [-0.2, -0.15) is 0 Å². The zero-order valence-electron chi connectivity index (χ0n) is 26.4. The number of nitrogens with zero attached hydrogens (tertiary/aromatic N) is 6. The van der Waals surface area contributed by atoms with Crippen LogP contribution in [-0.4, -0.2) is 92.0 Å². The number of aryl methyl sites for hydroxylation is 2. The van der Waals surface area contributed by atoms with E-state index in [1.54, 1.807) is 61.4 Å². The summed E-state index contributed by atoms with van der Waals surface area (Å²) in [7, 11) is 3.31. The van der Waals surface area contributed by atoms with E-state index in [0.29, 0.717) is 37.6 Å². The number of anilines is 3. The first-order valence-electron chi connectivity index (χ1n) is 15.3. The second-order valence-electron chi connectivity index (χ2n) is 11.2. The number of nitrogens with one attached hydrogen (secondary N) is 4. The normalized spacial score (nSPS) is 13.2. The summed E-state index contributed by atoms with van der Waals surface area (Å²) in [5.41, 5.74) is 0.970. The van der Waals surface area contributed by atoms with E-state index < -0.39 is 17.7 Å². The number of hydrogen-bond acceptors (Lipinski definition) is 9. The fourth-order valence-electron chi connectivity index (χ4n) is 5.18. The number of ether oxygens (including phenoxy) is 1. The topological polar surface area (TPSA) is 177 Å². The number of morpholine rings is 1. The predicted molar refractivity (Wildman–Crippen MR) is 178 cm³/mol. The minimum atomic E-state index is -0.511. The Hall–Kier alpha value is -5.93. The summed E-state index contributed by atoms with van der Waals surface area (Å²) in [6.45, 7) is 4.23. The molecule has 2 aromatic carbocycles. The summed E-state index contributed by atoms with van der Waals surface area (Å²) in [5.74, 6) is -1.08. The first-order valence-corrected chi connectivity index (χ1v) is 15.3. The Kier molecular flexibility index (Phi) is 9.50. The van der Waals surface area contributed by atoms with E-state index in [9.17, 15) is 19.2 Å². The van der Waals surface area contributed by atoms with Crippen LogP contribution in [0.2, 0.25) is 0 Å². The summed E-state index contributed by atoms with van der Waals surface area (Å²) in [6.07, 6.45) is 4.71.